The molecule has 4 nitrogen and oxygen atoms in total. The maximum Gasteiger partial charge on any atom is 0.223 e. The van der Waals surface area contributed by atoms with Crippen LogP contribution in [0.15, 0.2) is 30.3 Å². The summed E-state index contributed by atoms with van der Waals surface area (Å²) >= 11 is 0. The molecule has 1 saturated carbocycles. The van der Waals surface area contributed by atoms with Gasteiger partial charge >= 0.3 is 0 Å². The van der Waals surface area contributed by atoms with Crippen LogP contribution in [0.1, 0.15) is 38.2 Å². The zero-order valence-corrected chi connectivity index (χ0v) is 14.2. The van der Waals surface area contributed by atoms with Crippen LogP contribution >= 0.6 is 0 Å². The van der Waals surface area contributed by atoms with Gasteiger partial charge < -0.3 is 10.6 Å². The fourth-order valence-electron chi connectivity index (χ4n) is 4.05. The van der Waals surface area contributed by atoms with E-state index in [4.69, 9.17) is 5.73 Å². The average molecular weight is 315 g/mol. The Kier molecular flexibility index (Phi) is 5.34. The Hall–Kier alpha value is -1.39. The topological polar surface area (TPSA) is 49.6 Å². The van der Waals surface area contributed by atoms with E-state index in [9.17, 15) is 4.79 Å². The molecule has 4 heteroatoms. The molecule has 1 aliphatic heterocycles. The summed E-state index contributed by atoms with van der Waals surface area (Å²) in [7, 11) is 0. The Morgan fingerprint density at radius 3 is 2.65 bits per heavy atom. The number of carbonyl (C=O) groups is 1. The van der Waals surface area contributed by atoms with Gasteiger partial charge in [0.05, 0.1) is 0 Å². The molecule has 0 aromatic heterocycles. The van der Waals surface area contributed by atoms with Crippen LogP contribution in [0.3, 0.4) is 0 Å². The number of benzene rings is 1. The highest BCUT2D eigenvalue weighted by Crippen LogP contribution is 2.28. The Balaban J connectivity index is 1.51. The van der Waals surface area contributed by atoms with Gasteiger partial charge in [0.1, 0.15) is 0 Å². The minimum atomic E-state index is 0.230. The number of amides is 1. The van der Waals surface area contributed by atoms with Crippen LogP contribution in [-0.2, 0) is 11.3 Å². The van der Waals surface area contributed by atoms with Crippen molar-refractivity contribution in [1.82, 2.24) is 9.80 Å². The minimum absolute atomic E-state index is 0.230. The molecule has 1 heterocycles. The van der Waals surface area contributed by atoms with Crippen molar-refractivity contribution in [3.05, 3.63) is 35.9 Å². The van der Waals surface area contributed by atoms with E-state index >= 15 is 0 Å². The van der Waals surface area contributed by atoms with Crippen molar-refractivity contribution in [2.75, 3.05) is 19.6 Å². The van der Waals surface area contributed by atoms with E-state index in [2.05, 4.69) is 47.1 Å². The van der Waals surface area contributed by atoms with E-state index < -0.39 is 0 Å². The largest absolute Gasteiger partial charge is 0.337 e. The second-order valence-electron chi connectivity index (χ2n) is 7.22. The first-order valence-corrected chi connectivity index (χ1v) is 8.95. The highest BCUT2D eigenvalue weighted by Gasteiger charge is 2.31. The quantitative estimate of drug-likeness (QED) is 0.927. The van der Waals surface area contributed by atoms with E-state index in [1.807, 2.05) is 0 Å². The van der Waals surface area contributed by atoms with Crippen LogP contribution in [0.5, 0.6) is 0 Å². The lowest BCUT2D eigenvalue weighted by atomic mass is 9.98. The molecular weight excluding hydrogens is 286 g/mol. The normalized spacial score (nSPS) is 29.0. The number of nitrogens with two attached hydrogens (primary N) is 1. The number of piperazine rings is 1. The van der Waals surface area contributed by atoms with Crippen molar-refractivity contribution in [3.8, 4) is 0 Å². The summed E-state index contributed by atoms with van der Waals surface area (Å²) in [6, 6.07) is 11.1. The van der Waals surface area contributed by atoms with Crippen LogP contribution in [0.25, 0.3) is 0 Å². The Morgan fingerprint density at radius 2 is 2.00 bits per heavy atom. The minimum Gasteiger partial charge on any atom is -0.337 e. The fraction of sp³-hybridized carbons (Fsp3) is 0.632. The molecule has 23 heavy (non-hydrogen) atoms. The standard InChI is InChI=1S/C19H29N3O/c1-15-13-21(14-16-6-3-2-4-7-16)10-11-22(15)19(23)12-17-8-5-9-18(17)20/h2-4,6-7,15,17-18H,5,8-14,20H2,1H3/t15-,17+,18-/m1/s1. The lowest BCUT2D eigenvalue weighted by Gasteiger charge is -2.40. The first-order valence-electron chi connectivity index (χ1n) is 8.95. The van der Waals surface area contributed by atoms with E-state index in [-0.39, 0.29) is 12.1 Å². The molecule has 2 aliphatic rings. The molecule has 1 amide bonds. The molecule has 0 bridgehead atoms. The van der Waals surface area contributed by atoms with Gasteiger partial charge in [0.2, 0.25) is 5.91 Å². The second kappa shape index (κ2) is 7.45. The van der Waals surface area contributed by atoms with E-state index in [0.717, 1.165) is 39.0 Å². The third-order valence-corrected chi connectivity index (χ3v) is 5.44. The molecule has 126 valence electrons. The summed E-state index contributed by atoms with van der Waals surface area (Å²) in [5.74, 6) is 0.705. The molecular formula is C19H29N3O. The summed E-state index contributed by atoms with van der Waals surface area (Å²) in [5.41, 5.74) is 7.46. The Bertz CT molecular complexity index is 519. The van der Waals surface area contributed by atoms with Gasteiger partial charge in [-0.15, -0.1) is 0 Å². The SMILES string of the molecule is C[C@@H]1CN(Cc2ccccc2)CCN1C(=O)C[C@@H]1CCC[C@H]1N. The monoisotopic (exact) mass is 315 g/mol. The third-order valence-electron chi connectivity index (χ3n) is 5.44. The van der Waals surface area contributed by atoms with Crippen LogP contribution in [0.2, 0.25) is 0 Å². The van der Waals surface area contributed by atoms with Crippen molar-refractivity contribution >= 4 is 5.91 Å². The van der Waals surface area contributed by atoms with Gasteiger partial charge in [-0.1, -0.05) is 36.8 Å². The van der Waals surface area contributed by atoms with Crippen LogP contribution < -0.4 is 5.73 Å². The number of carbonyl (C=O) groups excluding carboxylic acids is 1. The molecule has 1 aliphatic carbocycles. The maximum atomic E-state index is 12.6. The van der Waals surface area contributed by atoms with E-state index in [0.29, 0.717) is 18.2 Å². The van der Waals surface area contributed by atoms with Gasteiger partial charge in [-0.2, -0.15) is 0 Å². The van der Waals surface area contributed by atoms with E-state index in [1.54, 1.807) is 0 Å². The smallest absolute Gasteiger partial charge is 0.223 e. The highest BCUT2D eigenvalue weighted by molar-refractivity contribution is 5.77. The molecule has 0 radical (unpaired) electrons. The first kappa shape index (κ1) is 16.5. The zero-order chi connectivity index (χ0) is 16.2. The van der Waals surface area contributed by atoms with Gasteiger partial charge in [0, 0.05) is 44.7 Å². The number of hydrogen-bond acceptors (Lipinski definition) is 3. The summed E-state index contributed by atoms with van der Waals surface area (Å²) in [6.45, 7) is 5.90. The second-order valence-corrected chi connectivity index (χ2v) is 7.22. The Labute approximate surface area is 139 Å². The molecule has 0 spiro atoms. The van der Waals surface area contributed by atoms with Crippen molar-refractivity contribution in [3.63, 3.8) is 0 Å². The predicted molar refractivity (Wildman–Crippen MR) is 92.8 cm³/mol. The fourth-order valence-corrected chi connectivity index (χ4v) is 4.05. The van der Waals surface area contributed by atoms with Crippen molar-refractivity contribution < 1.29 is 4.79 Å². The number of rotatable bonds is 4. The van der Waals surface area contributed by atoms with Crippen molar-refractivity contribution in [1.29, 1.82) is 0 Å². The predicted octanol–water partition coefficient (Wildman–Crippen LogP) is 2.24. The van der Waals surface area contributed by atoms with Crippen LogP contribution in [0.4, 0.5) is 0 Å². The molecule has 3 rings (SSSR count). The lowest BCUT2D eigenvalue weighted by Crippen LogP contribution is -2.54. The van der Waals surface area contributed by atoms with Gasteiger partial charge in [0.25, 0.3) is 0 Å². The van der Waals surface area contributed by atoms with Crippen LogP contribution in [0, 0.1) is 5.92 Å². The molecule has 0 unspecified atom stereocenters. The molecule has 2 fully saturated rings. The Morgan fingerprint density at radius 1 is 1.22 bits per heavy atom. The lowest BCUT2D eigenvalue weighted by molar-refractivity contribution is -0.136. The third kappa shape index (κ3) is 4.12. The average Bonchev–Trinajstić information content (AvgIpc) is 2.93. The first-order chi connectivity index (χ1) is 11.1. The van der Waals surface area contributed by atoms with Gasteiger partial charge in [0.15, 0.2) is 0 Å². The molecule has 1 aromatic rings. The molecule has 1 saturated heterocycles. The number of nitrogens with zero attached hydrogens (tertiary/aromatic N) is 2. The summed E-state index contributed by atoms with van der Waals surface area (Å²) < 4.78 is 0. The van der Waals surface area contributed by atoms with Crippen molar-refractivity contribution in [2.24, 2.45) is 11.7 Å². The molecule has 3 atom stereocenters. The van der Waals surface area contributed by atoms with Gasteiger partial charge in [-0.25, -0.2) is 0 Å². The summed E-state index contributed by atoms with van der Waals surface area (Å²) in [6.07, 6.45) is 4.03. The van der Waals surface area contributed by atoms with Crippen LogP contribution in [-0.4, -0.2) is 47.4 Å². The van der Waals surface area contributed by atoms with Gasteiger partial charge in [-0.05, 0) is 31.2 Å². The highest BCUT2D eigenvalue weighted by atomic mass is 16.2. The van der Waals surface area contributed by atoms with E-state index in [1.165, 1.54) is 12.0 Å². The maximum absolute atomic E-state index is 12.6. The number of hydrogen-bond donors (Lipinski definition) is 1. The zero-order valence-electron chi connectivity index (χ0n) is 14.2. The summed E-state index contributed by atoms with van der Waals surface area (Å²) in [5, 5.41) is 0. The van der Waals surface area contributed by atoms with Gasteiger partial charge in [-0.3, -0.25) is 9.69 Å². The molecule has 1 aromatic carbocycles. The van der Waals surface area contributed by atoms with Crippen molar-refractivity contribution in [2.45, 2.75) is 51.2 Å². The summed E-state index contributed by atoms with van der Waals surface area (Å²) in [4.78, 5) is 17.2. The molecule has 2 N–H and O–H groups in total.